The number of hydrogen-bond acceptors (Lipinski definition) is 5. The summed E-state index contributed by atoms with van der Waals surface area (Å²) in [4.78, 5) is 11.8. The number of esters is 1. The number of nitrogen functional groups attached to an aromatic ring is 1. The van der Waals surface area contributed by atoms with E-state index in [2.05, 4.69) is 6.07 Å². The summed E-state index contributed by atoms with van der Waals surface area (Å²) < 4.78 is 10.6. The third-order valence-electron chi connectivity index (χ3n) is 2.79. The maximum Gasteiger partial charge on any atom is 0.341 e. The average molecular weight is 276 g/mol. The maximum absolute atomic E-state index is 11.8. The summed E-state index contributed by atoms with van der Waals surface area (Å²) >= 11 is 0. The molecule has 0 aliphatic rings. The van der Waals surface area contributed by atoms with E-state index in [1.54, 1.807) is 19.1 Å². The van der Waals surface area contributed by atoms with Crippen molar-refractivity contribution in [1.29, 1.82) is 5.26 Å². The predicted molar refractivity (Wildman–Crippen MR) is 76.3 cm³/mol. The van der Waals surface area contributed by atoms with Crippen LogP contribution >= 0.6 is 0 Å². The van der Waals surface area contributed by atoms with Gasteiger partial charge in [-0.3, -0.25) is 0 Å². The summed E-state index contributed by atoms with van der Waals surface area (Å²) in [5.41, 5.74) is 5.99. The number of rotatable bonds is 6. The van der Waals surface area contributed by atoms with Crippen LogP contribution in [0, 0.1) is 16.7 Å². The van der Waals surface area contributed by atoms with Gasteiger partial charge in [0, 0.05) is 5.69 Å². The smallest absolute Gasteiger partial charge is 0.341 e. The molecule has 108 valence electrons. The third-order valence-corrected chi connectivity index (χ3v) is 2.79. The van der Waals surface area contributed by atoms with Crippen LogP contribution in [-0.2, 0) is 4.74 Å². The summed E-state index contributed by atoms with van der Waals surface area (Å²) in [7, 11) is 0. The van der Waals surface area contributed by atoms with E-state index in [-0.39, 0.29) is 6.61 Å². The fourth-order valence-corrected chi connectivity index (χ4v) is 1.51. The summed E-state index contributed by atoms with van der Waals surface area (Å²) in [6.45, 7) is 6.04. The first-order valence-corrected chi connectivity index (χ1v) is 6.50. The molecular formula is C15H20N2O3. The fraction of sp³-hybridized carbons (Fsp3) is 0.467. The third kappa shape index (κ3) is 4.47. The molecule has 1 aromatic carbocycles. The van der Waals surface area contributed by atoms with Gasteiger partial charge in [-0.1, -0.05) is 0 Å². The van der Waals surface area contributed by atoms with Gasteiger partial charge in [0.05, 0.1) is 24.7 Å². The van der Waals surface area contributed by atoms with Gasteiger partial charge in [-0.25, -0.2) is 4.79 Å². The molecule has 1 aromatic rings. The molecule has 5 nitrogen and oxygen atoms in total. The fourth-order valence-electron chi connectivity index (χ4n) is 1.51. The van der Waals surface area contributed by atoms with E-state index in [0.29, 0.717) is 30.0 Å². The molecule has 0 amide bonds. The predicted octanol–water partition coefficient (Wildman–Crippen LogP) is 2.76. The van der Waals surface area contributed by atoms with Crippen molar-refractivity contribution in [2.75, 3.05) is 18.9 Å². The Kier molecular flexibility index (Phi) is 5.39. The molecule has 0 aliphatic carbocycles. The first kappa shape index (κ1) is 15.8. The topological polar surface area (TPSA) is 85.3 Å². The monoisotopic (exact) mass is 276 g/mol. The zero-order chi connectivity index (χ0) is 15.2. The Hall–Kier alpha value is -2.22. The van der Waals surface area contributed by atoms with E-state index in [1.165, 1.54) is 6.07 Å². The van der Waals surface area contributed by atoms with Gasteiger partial charge in [-0.2, -0.15) is 5.26 Å². The van der Waals surface area contributed by atoms with Crippen molar-refractivity contribution in [3.8, 4) is 11.8 Å². The standard InChI is InChI=1S/C15H20N2O3/c1-4-19-14(18)12-9-11(17)5-6-13(12)20-8-7-15(2,3)10-16/h5-6,9H,4,7-8,17H2,1-3H3. The summed E-state index contributed by atoms with van der Waals surface area (Å²) in [6, 6.07) is 7.03. The van der Waals surface area contributed by atoms with Gasteiger partial charge in [0.2, 0.25) is 0 Å². The van der Waals surface area contributed by atoms with Crippen molar-refractivity contribution in [3.05, 3.63) is 23.8 Å². The summed E-state index contributed by atoms with van der Waals surface area (Å²) in [6.07, 6.45) is 0.566. The van der Waals surface area contributed by atoms with Crippen molar-refractivity contribution in [1.82, 2.24) is 0 Å². The minimum Gasteiger partial charge on any atom is -0.493 e. The van der Waals surface area contributed by atoms with Crippen LogP contribution in [0.3, 0.4) is 0 Å². The molecule has 0 fully saturated rings. The molecular weight excluding hydrogens is 256 g/mol. The van der Waals surface area contributed by atoms with Crippen LogP contribution < -0.4 is 10.5 Å². The van der Waals surface area contributed by atoms with Crippen LogP contribution in [-0.4, -0.2) is 19.2 Å². The van der Waals surface area contributed by atoms with Gasteiger partial charge in [-0.05, 0) is 45.4 Å². The Bertz CT molecular complexity index is 518. The molecule has 0 radical (unpaired) electrons. The molecule has 0 unspecified atom stereocenters. The lowest BCUT2D eigenvalue weighted by molar-refractivity contribution is 0.0521. The second-order valence-corrected chi connectivity index (χ2v) is 5.07. The molecule has 0 aromatic heterocycles. The summed E-state index contributed by atoms with van der Waals surface area (Å²) in [5.74, 6) is -0.0410. The zero-order valence-corrected chi connectivity index (χ0v) is 12.1. The van der Waals surface area contributed by atoms with Crippen molar-refractivity contribution in [2.45, 2.75) is 27.2 Å². The highest BCUT2D eigenvalue weighted by Gasteiger charge is 2.18. The number of carbonyl (C=O) groups excluding carboxylic acids is 1. The van der Waals surface area contributed by atoms with Crippen molar-refractivity contribution >= 4 is 11.7 Å². The molecule has 20 heavy (non-hydrogen) atoms. The molecule has 2 N–H and O–H groups in total. The number of benzene rings is 1. The molecule has 1 rings (SSSR count). The van der Waals surface area contributed by atoms with Gasteiger partial charge in [0.15, 0.2) is 0 Å². The van der Waals surface area contributed by atoms with E-state index in [9.17, 15) is 4.79 Å². The SMILES string of the molecule is CCOC(=O)c1cc(N)ccc1OCCC(C)(C)C#N. The van der Waals surface area contributed by atoms with E-state index in [0.717, 1.165) is 0 Å². The molecule has 0 atom stereocenters. The highest BCUT2D eigenvalue weighted by atomic mass is 16.5. The number of anilines is 1. The van der Waals surface area contributed by atoms with Crippen molar-refractivity contribution in [3.63, 3.8) is 0 Å². The van der Waals surface area contributed by atoms with Crippen LogP contribution in [0.4, 0.5) is 5.69 Å². The quantitative estimate of drug-likeness (QED) is 0.637. The van der Waals surface area contributed by atoms with E-state index in [1.807, 2.05) is 13.8 Å². The van der Waals surface area contributed by atoms with Crippen LogP contribution in [0.25, 0.3) is 0 Å². The van der Waals surface area contributed by atoms with Gasteiger partial charge in [0.1, 0.15) is 11.3 Å². The largest absolute Gasteiger partial charge is 0.493 e. The highest BCUT2D eigenvalue weighted by molar-refractivity contribution is 5.93. The number of ether oxygens (including phenoxy) is 2. The maximum atomic E-state index is 11.8. The molecule has 0 bridgehead atoms. The number of hydrogen-bond donors (Lipinski definition) is 1. The van der Waals surface area contributed by atoms with Crippen LogP contribution in [0.2, 0.25) is 0 Å². The normalized spacial score (nSPS) is 10.7. The van der Waals surface area contributed by atoms with E-state index >= 15 is 0 Å². The second-order valence-electron chi connectivity index (χ2n) is 5.07. The molecule has 0 aliphatic heterocycles. The minimum absolute atomic E-state index is 0.286. The van der Waals surface area contributed by atoms with Gasteiger partial charge < -0.3 is 15.2 Å². The lowest BCUT2D eigenvalue weighted by Gasteiger charge is -2.16. The first-order chi connectivity index (χ1) is 9.39. The summed E-state index contributed by atoms with van der Waals surface area (Å²) in [5, 5.41) is 8.94. The lowest BCUT2D eigenvalue weighted by Crippen LogP contribution is -2.15. The Morgan fingerprint density at radius 2 is 2.15 bits per heavy atom. The lowest BCUT2D eigenvalue weighted by atomic mass is 9.92. The van der Waals surface area contributed by atoms with E-state index in [4.69, 9.17) is 20.5 Å². The van der Waals surface area contributed by atoms with Crippen molar-refractivity contribution in [2.24, 2.45) is 5.41 Å². The first-order valence-electron chi connectivity index (χ1n) is 6.50. The number of carbonyl (C=O) groups is 1. The average Bonchev–Trinajstić information content (AvgIpc) is 2.40. The molecule has 5 heteroatoms. The molecule has 0 spiro atoms. The Morgan fingerprint density at radius 1 is 1.45 bits per heavy atom. The van der Waals surface area contributed by atoms with Crippen LogP contribution in [0.15, 0.2) is 18.2 Å². The van der Waals surface area contributed by atoms with Gasteiger partial charge in [0.25, 0.3) is 0 Å². The van der Waals surface area contributed by atoms with E-state index < -0.39 is 11.4 Å². The molecule has 0 heterocycles. The van der Waals surface area contributed by atoms with Crippen LogP contribution in [0.1, 0.15) is 37.6 Å². The number of nitriles is 1. The Balaban J connectivity index is 2.80. The zero-order valence-electron chi connectivity index (χ0n) is 12.1. The second kappa shape index (κ2) is 6.80. The Morgan fingerprint density at radius 3 is 2.75 bits per heavy atom. The molecule has 0 saturated carbocycles. The minimum atomic E-state index is -0.464. The Labute approximate surface area is 119 Å². The van der Waals surface area contributed by atoms with Gasteiger partial charge in [-0.15, -0.1) is 0 Å². The molecule has 0 saturated heterocycles. The highest BCUT2D eigenvalue weighted by Crippen LogP contribution is 2.24. The number of nitrogens with two attached hydrogens (primary N) is 1. The van der Waals surface area contributed by atoms with Gasteiger partial charge >= 0.3 is 5.97 Å². The number of nitrogens with zero attached hydrogens (tertiary/aromatic N) is 1. The van der Waals surface area contributed by atoms with Crippen molar-refractivity contribution < 1.29 is 14.3 Å². The van der Waals surface area contributed by atoms with Crippen LogP contribution in [0.5, 0.6) is 5.75 Å².